The number of Topliss-reactive ketones (excluding diaryl/α,β-unsaturated/α-hetero) is 1. The molecule has 2 atom stereocenters. The summed E-state index contributed by atoms with van der Waals surface area (Å²) < 4.78 is 0. The van der Waals surface area contributed by atoms with Crippen LogP contribution < -0.4 is 16.4 Å². The zero-order valence-electron chi connectivity index (χ0n) is 17.3. The number of nitrogens with one attached hydrogen (secondary N) is 3. The van der Waals surface area contributed by atoms with E-state index in [1.807, 2.05) is 0 Å². The molecule has 2 unspecified atom stereocenters. The van der Waals surface area contributed by atoms with Crippen LogP contribution in [-0.4, -0.2) is 53.2 Å². The highest BCUT2D eigenvalue weighted by Crippen LogP contribution is 2.08. The van der Waals surface area contributed by atoms with Gasteiger partial charge in [-0.2, -0.15) is 0 Å². The van der Waals surface area contributed by atoms with Gasteiger partial charge in [-0.3, -0.25) is 15.0 Å². The van der Waals surface area contributed by atoms with Crippen molar-refractivity contribution in [2.75, 3.05) is 13.1 Å². The smallest absolute Gasteiger partial charge is 0.224 e. The highest BCUT2D eigenvalue weighted by molar-refractivity contribution is 5.87. The Balaban J connectivity index is 3.73. The average Bonchev–Trinajstić information content (AvgIpc) is 2.62. The maximum Gasteiger partial charge on any atom is 0.224 e. The van der Waals surface area contributed by atoms with E-state index in [4.69, 9.17) is 11.1 Å². The normalized spacial score (nSPS) is 13.1. The fourth-order valence-corrected chi connectivity index (χ4v) is 2.77. The molecule has 7 N–H and O–H groups in total. The van der Waals surface area contributed by atoms with Gasteiger partial charge in [0.05, 0.1) is 18.4 Å². The SMILES string of the molecule is CCCCNCCCCCC(=O)C(O)NC(=O)CC(O)CCCCCC(=N)N. The first-order valence-electron chi connectivity index (χ1n) is 10.6. The number of rotatable bonds is 19. The number of hydrogen-bond acceptors (Lipinski definition) is 6. The van der Waals surface area contributed by atoms with Gasteiger partial charge in [0, 0.05) is 12.8 Å². The van der Waals surface area contributed by atoms with E-state index in [1.54, 1.807) is 0 Å². The minimum absolute atomic E-state index is 0.138. The number of amidine groups is 1. The number of aliphatic hydroxyl groups is 2. The Morgan fingerprint density at radius 1 is 0.964 bits per heavy atom. The van der Waals surface area contributed by atoms with Gasteiger partial charge in [0.15, 0.2) is 12.0 Å². The lowest BCUT2D eigenvalue weighted by Gasteiger charge is -2.14. The molecule has 0 aromatic carbocycles. The molecule has 0 aromatic heterocycles. The fourth-order valence-electron chi connectivity index (χ4n) is 2.77. The Hall–Kier alpha value is -1.51. The summed E-state index contributed by atoms with van der Waals surface area (Å²) in [5.74, 6) is -0.773. The number of amides is 1. The number of unbranched alkanes of at least 4 members (excludes halogenated alkanes) is 5. The van der Waals surface area contributed by atoms with E-state index in [0.29, 0.717) is 19.3 Å². The first kappa shape index (κ1) is 26.5. The molecular formula is C20H40N4O4. The summed E-state index contributed by atoms with van der Waals surface area (Å²) in [6.07, 6.45) is 6.04. The number of aliphatic hydroxyl groups excluding tert-OH is 2. The Morgan fingerprint density at radius 2 is 1.61 bits per heavy atom. The largest absolute Gasteiger partial charge is 0.393 e. The second-order valence-electron chi connectivity index (χ2n) is 7.33. The molecule has 0 aliphatic rings. The first-order valence-corrected chi connectivity index (χ1v) is 10.6. The molecule has 0 bridgehead atoms. The zero-order chi connectivity index (χ0) is 21.2. The van der Waals surface area contributed by atoms with Crippen molar-refractivity contribution in [2.24, 2.45) is 5.73 Å². The number of hydrogen-bond donors (Lipinski definition) is 6. The fraction of sp³-hybridized carbons (Fsp3) is 0.850. The lowest BCUT2D eigenvalue weighted by atomic mass is 10.1. The monoisotopic (exact) mass is 400 g/mol. The molecule has 0 aliphatic heterocycles. The molecular weight excluding hydrogens is 360 g/mol. The summed E-state index contributed by atoms with van der Waals surface area (Å²) in [7, 11) is 0. The number of ketones is 1. The second-order valence-corrected chi connectivity index (χ2v) is 7.33. The molecule has 0 heterocycles. The van der Waals surface area contributed by atoms with Crippen molar-refractivity contribution in [1.29, 1.82) is 5.41 Å². The predicted molar refractivity (Wildman–Crippen MR) is 111 cm³/mol. The molecule has 0 rings (SSSR count). The lowest BCUT2D eigenvalue weighted by molar-refractivity contribution is -0.136. The molecule has 0 spiro atoms. The van der Waals surface area contributed by atoms with E-state index in [0.717, 1.165) is 45.2 Å². The molecule has 0 aromatic rings. The summed E-state index contributed by atoms with van der Waals surface area (Å²) in [4.78, 5) is 23.7. The van der Waals surface area contributed by atoms with Gasteiger partial charge in [-0.05, 0) is 45.2 Å². The van der Waals surface area contributed by atoms with Crippen LogP contribution in [0.4, 0.5) is 0 Å². The van der Waals surface area contributed by atoms with Crippen LogP contribution >= 0.6 is 0 Å². The Labute approximate surface area is 169 Å². The molecule has 164 valence electrons. The lowest BCUT2D eigenvalue weighted by Crippen LogP contribution is -2.41. The van der Waals surface area contributed by atoms with Gasteiger partial charge in [0.2, 0.25) is 5.91 Å². The van der Waals surface area contributed by atoms with Crippen LogP contribution in [0.25, 0.3) is 0 Å². The van der Waals surface area contributed by atoms with Crippen LogP contribution in [0.15, 0.2) is 0 Å². The van der Waals surface area contributed by atoms with E-state index in [-0.39, 0.29) is 18.7 Å². The van der Waals surface area contributed by atoms with Crippen molar-refractivity contribution in [3.05, 3.63) is 0 Å². The van der Waals surface area contributed by atoms with Gasteiger partial charge < -0.3 is 26.6 Å². The Bertz CT molecular complexity index is 446. The molecule has 8 nitrogen and oxygen atoms in total. The van der Waals surface area contributed by atoms with Crippen molar-refractivity contribution in [1.82, 2.24) is 10.6 Å². The van der Waals surface area contributed by atoms with E-state index in [1.165, 1.54) is 12.8 Å². The maximum absolute atomic E-state index is 11.9. The summed E-state index contributed by atoms with van der Waals surface area (Å²) in [5, 5.41) is 32.4. The molecule has 1 amide bonds. The van der Waals surface area contributed by atoms with Gasteiger partial charge in [0.25, 0.3) is 0 Å². The molecule has 0 saturated carbocycles. The van der Waals surface area contributed by atoms with Crippen LogP contribution in [0, 0.1) is 5.41 Å². The van der Waals surface area contributed by atoms with Gasteiger partial charge in [-0.1, -0.05) is 32.6 Å². The Kier molecular flexibility index (Phi) is 16.6. The molecule has 0 saturated heterocycles. The van der Waals surface area contributed by atoms with Crippen molar-refractivity contribution in [3.8, 4) is 0 Å². The summed E-state index contributed by atoms with van der Waals surface area (Å²) in [6, 6.07) is 0. The number of carbonyl (C=O) groups is 2. The van der Waals surface area contributed by atoms with Crippen LogP contribution in [0.5, 0.6) is 0 Å². The predicted octanol–water partition coefficient (Wildman–Crippen LogP) is 1.58. The summed E-state index contributed by atoms with van der Waals surface area (Å²) in [6.45, 7) is 4.10. The Morgan fingerprint density at radius 3 is 2.29 bits per heavy atom. The number of nitrogens with two attached hydrogens (primary N) is 1. The zero-order valence-corrected chi connectivity index (χ0v) is 17.3. The van der Waals surface area contributed by atoms with Gasteiger partial charge in [-0.15, -0.1) is 0 Å². The van der Waals surface area contributed by atoms with Crippen molar-refractivity contribution in [3.63, 3.8) is 0 Å². The molecule has 0 radical (unpaired) electrons. The van der Waals surface area contributed by atoms with Crippen LogP contribution in [0.3, 0.4) is 0 Å². The first-order chi connectivity index (χ1) is 13.4. The minimum atomic E-state index is -1.50. The standard InChI is InChI=1S/C20H40N4O4/c1-2-3-13-23-14-9-5-7-11-17(26)20(28)24-19(27)15-16(25)10-6-4-8-12-18(21)22/h16,20,23,25,28H,2-15H2,1H3,(H3,21,22)(H,24,27). The molecule has 28 heavy (non-hydrogen) atoms. The summed E-state index contributed by atoms with van der Waals surface area (Å²) in [5.41, 5.74) is 5.27. The van der Waals surface area contributed by atoms with E-state index >= 15 is 0 Å². The van der Waals surface area contributed by atoms with E-state index < -0.39 is 24.0 Å². The van der Waals surface area contributed by atoms with Crippen LogP contribution in [0.1, 0.15) is 84.0 Å². The van der Waals surface area contributed by atoms with Crippen molar-refractivity contribution >= 4 is 17.5 Å². The quantitative estimate of drug-likeness (QED) is 0.0839. The van der Waals surface area contributed by atoms with E-state index in [9.17, 15) is 19.8 Å². The average molecular weight is 401 g/mol. The topological polar surface area (TPSA) is 149 Å². The molecule has 8 heteroatoms. The van der Waals surface area contributed by atoms with Gasteiger partial charge in [0.1, 0.15) is 0 Å². The van der Waals surface area contributed by atoms with Crippen LogP contribution in [0.2, 0.25) is 0 Å². The maximum atomic E-state index is 11.9. The minimum Gasteiger partial charge on any atom is -0.393 e. The molecule has 0 fully saturated rings. The highest BCUT2D eigenvalue weighted by atomic mass is 16.3. The summed E-state index contributed by atoms with van der Waals surface area (Å²) >= 11 is 0. The third-order valence-electron chi connectivity index (χ3n) is 4.49. The van der Waals surface area contributed by atoms with Crippen LogP contribution in [-0.2, 0) is 9.59 Å². The molecule has 0 aliphatic carbocycles. The second kappa shape index (κ2) is 17.6. The van der Waals surface area contributed by atoms with Crippen molar-refractivity contribution in [2.45, 2.75) is 96.3 Å². The number of carbonyl (C=O) groups excluding carboxylic acids is 2. The third kappa shape index (κ3) is 16.6. The third-order valence-corrected chi connectivity index (χ3v) is 4.49. The van der Waals surface area contributed by atoms with E-state index in [2.05, 4.69) is 17.6 Å². The van der Waals surface area contributed by atoms with Gasteiger partial charge >= 0.3 is 0 Å². The highest BCUT2D eigenvalue weighted by Gasteiger charge is 2.18. The van der Waals surface area contributed by atoms with Gasteiger partial charge in [-0.25, -0.2) is 0 Å². The van der Waals surface area contributed by atoms with Crippen molar-refractivity contribution < 1.29 is 19.8 Å².